The average Bonchev–Trinajstić information content (AvgIpc) is 3.07. The Morgan fingerprint density at radius 1 is 1.03 bits per heavy atom. The molecule has 0 radical (unpaired) electrons. The van der Waals surface area contributed by atoms with Crippen molar-refractivity contribution in [2.75, 3.05) is 18.1 Å². The highest BCUT2D eigenvalue weighted by atomic mass is 35.5. The van der Waals surface area contributed by atoms with Crippen LogP contribution in [0.1, 0.15) is 18.4 Å². The van der Waals surface area contributed by atoms with Gasteiger partial charge < -0.3 is 4.74 Å². The minimum Gasteiger partial charge on any atom is -0.381 e. The molecule has 0 aliphatic carbocycles. The molecule has 2 atom stereocenters. The first-order chi connectivity index (χ1) is 14.9. The summed E-state index contributed by atoms with van der Waals surface area (Å²) < 4.78 is 19.1. The van der Waals surface area contributed by atoms with Crippen LogP contribution in [0.25, 0.3) is 0 Å². The van der Waals surface area contributed by atoms with Crippen molar-refractivity contribution in [1.82, 2.24) is 0 Å². The molecule has 1 saturated heterocycles. The smallest absolute Gasteiger partial charge is 0.219 e. The van der Waals surface area contributed by atoms with Crippen LogP contribution >= 0.6 is 11.6 Å². The first-order valence-electron chi connectivity index (χ1n) is 10.1. The molecule has 4 N–H and O–H groups in total. The number of hydrogen-bond acceptors (Lipinski definition) is 7. The maximum Gasteiger partial charge on any atom is 0.219 e. The number of halogens is 2. The van der Waals surface area contributed by atoms with Crippen LogP contribution in [0.15, 0.2) is 63.5 Å². The maximum atomic E-state index is 13.7. The minimum atomic E-state index is -1.39. The quantitative estimate of drug-likeness (QED) is 0.765. The van der Waals surface area contributed by atoms with Crippen molar-refractivity contribution < 1.29 is 9.13 Å². The summed E-state index contributed by atoms with van der Waals surface area (Å²) in [6, 6.07) is 13.2. The van der Waals surface area contributed by atoms with E-state index in [-0.39, 0.29) is 11.7 Å². The van der Waals surface area contributed by atoms with Crippen LogP contribution in [0.2, 0.25) is 5.02 Å². The molecule has 3 heterocycles. The average molecular weight is 441 g/mol. The zero-order chi connectivity index (χ0) is 21.6. The number of amidine groups is 1. The van der Waals surface area contributed by atoms with Crippen LogP contribution < -0.4 is 16.4 Å². The van der Waals surface area contributed by atoms with Crippen molar-refractivity contribution in [2.24, 2.45) is 32.4 Å². The third kappa shape index (κ3) is 3.36. The highest BCUT2D eigenvalue weighted by molar-refractivity contribution is 6.67. The molecule has 0 amide bonds. The van der Waals surface area contributed by atoms with Gasteiger partial charge in [-0.05, 0) is 43.2 Å². The van der Waals surface area contributed by atoms with Gasteiger partial charge >= 0.3 is 0 Å². The van der Waals surface area contributed by atoms with Crippen molar-refractivity contribution in [2.45, 2.75) is 24.4 Å². The SMILES string of the molecule is NC1(C2CCOCC2)N=CC2=NC(N)(c3ccccc3Cl)N(c3ccc(F)cc3)C2=N1. The topological polar surface area (TPSA) is 102 Å². The van der Waals surface area contributed by atoms with Crippen LogP contribution in [0.4, 0.5) is 10.1 Å². The fraction of sp³-hybridized carbons (Fsp3) is 0.318. The van der Waals surface area contributed by atoms with E-state index in [0.29, 0.717) is 41.0 Å². The van der Waals surface area contributed by atoms with Crippen LogP contribution in [0.3, 0.4) is 0 Å². The summed E-state index contributed by atoms with van der Waals surface area (Å²) in [5.74, 6) is -2.39. The molecule has 0 saturated carbocycles. The zero-order valence-electron chi connectivity index (χ0n) is 16.7. The van der Waals surface area contributed by atoms with Gasteiger partial charge in [-0.25, -0.2) is 19.4 Å². The molecule has 9 heteroatoms. The Balaban J connectivity index is 1.66. The van der Waals surface area contributed by atoms with Gasteiger partial charge in [0, 0.05) is 35.4 Å². The Bertz CT molecular complexity index is 1100. The molecule has 31 heavy (non-hydrogen) atoms. The monoisotopic (exact) mass is 440 g/mol. The zero-order valence-corrected chi connectivity index (χ0v) is 17.5. The van der Waals surface area contributed by atoms with Crippen molar-refractivity contribution in [3.05, 3.63) is 64.9 Å². The summed E-state index contributed by atoms with van der Waals surface area (Å²) in [5, 5.41) is 0.459. The molecule has 0 bridgehead atoms. The predicted octanol–water partition coefficient (Wildman–Crippen LogP) is 3.03. The van der Waals surface area contributed by atoms with Gasteiger partial charge in [-0.1, -0.05) is 29.8 Å². The minimum absolute atomic E-state index is 0.0229. The lowest BCUT2D eigenvalue weighted by atomic mass is 9.92. The van der Waals surface area contributed by atoms with Gasteiger partial charge in [0.2, 0.25) is 11.6 Å². The van der Waals surface area contributed by atoms with Gasteiger partial charge in [-0.3, -0.25) is 16.4 Å². The number of nitrogens with zero attached hydrogens (tertiary/aromatic N) is 4. The Morgan fingerprint density at radius 3 is 2.45 bits per heavy atom. The fourth-order valence-corrected chi connectivity index (χ4v) is 4.56. The fourth-order valence-electron chi connectivity index (χ4n) is 4.29. The summed E-state index contributed by atoms with van der Waals surface area (Å²) in [6.45, 7) is 1.24. The summed E-state index contributed by atoms with van der Waals surface area (Å²) >= 11 is 6.50. The van der Waals surface area contributed by atoms with Crippen LogP contribution in [0.5, 0.6) is 0 Å². The van der Waals surface area contributed by atoms with E-state index in [1.54, 1.807) is 29.3 Å². The van der Waals surface area contributed by atoms with Crippen molar-refractivity contribution in [3.8, 4) is 0 Å². The number of rotatable bonds is 3. The Hall–Kier alpha value is -2.65. The van der Waals surface area contributed by atoms with E-state index < -0.39 is 11.6 Å². The van der Waals surface area contributed by atoms with Crippen molar-refractivity contribution in [1.29, 1.82) is 0 Å². The third-order valence-corrected chi connectivity index (χ3v) is 6.26. The van der Waals surface area contributed by atoms with Gasteiger partial charge in [0.1, 0.15) is 11.5 Å². The number of ether oxygens (including phenoxy) is 1. The van der Waals surface area contributed by atoms with Gasteiger partial charge in [-0.15, -0.1) is 0 Å². The molecule has 5 rings (SSSR count). The molecule has 2 unspecified atom stereocenters. The van der Waals surface area contributed by atoms with Crippen LogP contribution in [-0.2, 0) is 10.5 Å². The van der Waals surface area contributed by atoms with Crippen LogP contribution in [-0.4, -0.2) is 36.8 Å². The standard InChI is InChI=1S/C22H22ClFN6O/c23-18-4-2-1-3-17(18)22(26)28-19-13-27-21(25,14-9-11-31-12-10-14)29-20(19)30(22)16-7-5-15(24)6-8-16/h1-8,13-14H,9-12,25-26H2. The molecule has 2 aromatic carbocycles. The number of hydrogen-bond donors (Lipinski definition) is 2. The van der Waals surface area contributed by atoms with E-state index in [4.69, 9.17) is 37.8 Å². The summed E-state index contributed by atoms with van der Waals surface area (Å²) in [5.41, 5.74) is 15.2. The second-order valence-corrected chi connectivity index (χ2v) is 8.29. The lowest BCUT2D eigenvalue weighted by Gasteiger charge is -2.38. The van der Waals surface area contributed by atoms with Crippen molar-refractivity contribution in [3.63, 3.8) is 0 Å². The lowest BCUT2D eigenvalue weighted by Crippen LogP contribution is -2.55. The molecule has 3 aliphatic rings. The Labute approximate surface area is 184 Å². The molecule has 7 nitrogen and oxygen atoms in total. The number of nitrogens with two attached hydrogens (primary N) is 2. The first kappa shape index (κ1) is 20.3. The third-order valence-electron chi connectivity index (χ3n) is 5.93. The Morgan fingerprint density at radius 2 is 1.74 bits per heavy atom. The highest BCUT2D eigenvalue weighted by Crippen LogP contribution is 2.40. The molecule has 0 spiro atoms. The van der Waals surface area contributed by atoms with Crippen LogP contribution in [0, 0.1) is 11.7 Å². The molecule has 0 aromatic heterocycles. The molecule has 1 fully saturated rings. The normalized spacial score (nSPS) is 28.3. The van der Waals surface area contributed by atoms with E-state index in [0.717, 1.165) is 12.8 Å². The lowest BCUT2D eigenvalue weighted by molar-refractivity contribution is 0.0417. The summed E-state index contributed by atoms with van der Waals surface area (Å²) in [4.78, 5) is 15.9. The highest BCUT2D eigenvalue weighted by Gasteiger charge is 2.49. The number of fused-ring (bicyclic) bond motifs is 1. The van der Waals surface area contributed by atoms with E-state index in [2.05, 4.69) is 4.99 Å². The second kappa shape index (κ2) is 7.49. The number of anilines is 1. The molecule has 3 aliphatic heterocycles. The van der Waals surface area contributed by atoms with E-state index in [9.17, 15) is 4.39 Å². The van der Waals surface area contributed by atoms with Gasteiger partial charge in [-0.2, -0.15) is 0 Å². The molecular formula is C22H22ClFN6O. The van der Waals surface area contributed by atoms with Gasteiger partial charge in [0.05, 0.1) is 6.21 Å². The Kier molecular flexibility index (Phi) is 4.90. The second-order valence-electron chi connectivity index (χ2n) is 7.88. The van der Waals surface area contributed by atoms with Gasteiger partial charge in [0.25, 0.3) is 0 Å². The van der Waals surface area contributed by atoms with Crippen molar-refractivity contribution >= 4 is 35.1 Å². The van der Waals surface area contributed by atoms with E-state index >= 15 is 0 Å². The van der Waals surface area contributed by atoms with E-state index in [1.165, 1.54) is 12.1 Å². The van der Waals surface area contributed by atoms with E-state index in [1.807, 2.05) is 18.2 Å². The number of aliphatic imine (C=N–C) groups is 3. The molecule has 160 valence electrons. The summed E-state index contributed by atoms with van der Waals surface area (Å²) in [7, 11) is 0. The largest absolute Gasteiger partial charge is 0.381 e. The first-order valence-corrected chi connectivity index (χ1v) is 10.5. The molecule has 2 aromatic rings. The summed E-state index contributed by atoms with van der Waals surface area (Å²) in [6.07, 6.45) is 3.14. The predicted molar refractivity (Wildman–Crippen MR) is 120 cm³/mol. The maximum absolute atomic E-state index is 13.7. The molecular weight excluding hydrogens is 419 g/mol. The van der Waals surface area contributed by atoms with Gasteiger partial charge in [0.15, 0.2) is 5.84 Å². The number of benzene rings is 2.